The molecule has 0 spiro atoms. The van der Waals surface area contributed by atoms with Gasteiger partial charge in [0.1, 0.15) is 5.75 Å². The van der Waals surface area contributed by atoms with E-state index < -0.39 is 0 Å². The number of nitrogens with zero attached hydrogens (tertiary/aromatic N) is 2. The van der Waals surface area contributed by atoms with Crippen molar-refractivity contribution in [2.24, 2.45) is 5.92 Å². The number of carbonyl (C=O) groups is 1. The Morgan fingerprint density at radius 2 is 2.14 bits per heavy atom. The van der Waals surface area contributed by atoms with E-state index in [1.54, 1.807) is 13.2 Å². The first-order valence-corrected chi connectivity index (χ1v) is 7.58. The van der Waals surface area contributed by atoms with E-state index in [2.05, 4.69) is 12.1 Å². The average Bonchev–Trinajstić information content (AvgIpc) is 3.04. The first-order chi connectivity index (χ1) is 10.7. The Hall–Kier alpha value is -2.30. The third-order valence-corrected chi connectivity index (χ3v) is 4.05. The van der Waals surface area contributed by atoms with Crippen LogP contribution in [0.15, 0.2) is 34.9 Å². The summed E-state index contributed by atoms with van der Waals surface area (Å²) in [7, 11) is 1.62. The molecular weight excluding hydrogens is 280 g/mol. The van der Waals surface area contributed by atoms with Gasteiger partial charge in [-0.1, -0.05) is 12.1 Å². The quantitative estimate of drug-likeness (QED) is 0.873. The largest absolute Gasteiger partial charge is 0.497 e. The van der Waals surface area contributed by atoms with Crippen LogP contribution in [0, 0.1) is 5.92 Å². The summed E-state index contributed by atoms with van der Waals surface area (Å²) >= 11 is 0. The average molecular weight is 300 g/mol. The fourth-order valence-electron chi connectivity index (χ4n) is 2.80. The maximum absolute atomic E-state index is 12.5. The zero-order valence-corrected chi connectivity index (χ0v) is 12.9. The van der Waals surface area contributed by atoms with Gasteiger partial charge in [0.2, 0.25) is 0 Å². The second-order valence-corrected chi connectivity index (χ2v) is 5.80. The van der Waals surface area contributed by atoms with Gasteiger partial charge in [-0.2, -0.15) is 0 Å². The number of piperidine rings is 1. The molecule has 1 aliphatic heterocycles. The number of hydrogen-bond acceptors (Lipinski definition) is 4. The lowest BCUT2D eigenvalue weighted by atomic mass is 10.00. The Morgan fingerprint density at radius 3 is 2.82 bits per heavy atom. The molecule has 0 bridgehead atoms. The van der Waals surface area contributed by atoms with Crippen molar-refractivity contribution in [2.75, 3.05) is 20.2 Å². The fraction of sp³-hybridized carbons (Fsp3) is 0.412. The Morgan fingerprint density at radius 1 is 1.36 bits per heavy atom. The smallest absolute Gasteiger partial charge is 0.276 e. The van der Waals surface area contributed by atoms with Crippen molar-refractivity contribution in [1.29, 1.82) is 0 Å². The van der Waals surface area contributed by atoms with Gasteiger partial charge in [0.25, 0.3) is 5.91 Å². The summed E-state index contributed by atoms with van der Waals surface area (Å²) < 4.78 is 10.5. The van der Waals surface area contributed by atoms with E-state index >= 15 is 0 Å². The van der Waals surface area contributed by atoms with E-state index in [-0.39, 0.29) is 5.91 Å². The highest BCUT2D eigenvalue weighted by molar-refractivity contribution is 5.93. The molecule has 0 radical (unpaired) electrons. The van der Waals surface area contributed by atoms with Gasteiger partial charge in [0, 0.05) is 24.7 Å². The molecule has 2 heterocycles. The Balaban J connectivity index is 1.76. The molecule has 1 aromatic heterocycles. The molecule has 0 saturated carbocycles. The van der Waals surface area contributed by atoms with Gasteiger partial charge < -0.3 is 14.2 Å². The maximum atomic E-state index is 12.5. The van der Waals surface area contributed by atoms with Crippen molar-refractivity contribution in [3.63, 3.8) is 0 Å². The molecule has 22 heavy (non-hydrogen) atoms. The summed E-state index contributed by atoms with van der Waals surface area (Å²) in [5, 5.41) is 3.94. The number of aromatic nitrogens is 1. The van der Waals surface area contributed by atoms with E-state index in [0.717, 1.165) is 30.8 Å². The molecule has 1 unspecified atom stereocenters. The van der Waals surface area contributed by atoms with E-state index in [0.29, 0.717) is 17.4 Å². The summed E-state index contributed by atoms with van der Waals surface area (Å²) in [5.41, 5.74) is 1.25. The highest BCUT2D eigenvalue weighted by Gasteiger charge is 2.24. The predicted molar refractivity (Wildman–Crippen MR) is 82.8 cm³/mol. The molecule has 1 atom stereocenters. The van der Waals surface area contributed by atoms with Gasteiger partial charge in [-0.3, -0.25) is 4.79 Å². The third-order valence-electron chi connectivity index (χ3n) is 4.05. The summed E-state index contributed by atoms with van der Waals surface area (Å²) in [4.78, 5) is 14.3. The lowest BCUT2D eigenvalue weighted by molar-refractivity contribution is 0.0672. The first-order valence-electron chi connectivity index (χ1n) is 7.58. The summed E-state index contributed by atoms with van der Waals surface area (Å²) in [5.74, 6) is 1.87. The fourth-order valence-corrected chi connectivity index (χ4v) is 2.80. The molecule has 5 heteroatoms. The Labute approximate surface area is 129 Å². The van der Waals surface area contributed by atoms with E-state index in [9.17, 15) is 4.79 Å². The molecule has 1 saturated heterocycles. The SMILES string of the molecule is COc1ccc(-c2cc(C(=O)N3CCCC(C)C3)no2)cc1. The number of hydrogen-bond donors (Lipinski definition) is 0. The van der Waals surface area contributed by atoms with E-state index in [4.69, 9.17) is 9.26 Å². The molecule has 1 aliphatic rings. The van der Waals surface area contributed by atoms with Gasteiger partial charge in [-0.25, -0.2) is 0 Å². The number of amides is 1. The zero-order valence-electron chi connectivity index (χ0n) is 12.9. The lowest BCUT2D eigenvalue weighted by Gasteiger charge is -2.30. The summed E-state index contributed by atoms with van der Waals surface area (Å²) in [6.45, 7) is 3.77. The molecule has 116 valence electrons. The van der Waals surface area contributed by atoms with Gasteiger partial charge in [-0.15, -0.1) is 0 Å². The number of benzene rings is 1. The zero-order chi connectivity index (χ0) is 15.5. The van der Waals surface area contributed by atoms with Crippen LogP contribution < -0.4 is 4.74 Å². The molecule has 1 amide bonds. The number of methoxy groups -OCH3 is 1. The minimum Gasteiger partial charge on any atom is -0.497 e. The molecule has 0 aliphatic carbocycles. The molecule has 1 fully saturated rings. The summed E-state index contributed by atoms with van der Waals surface area (Å²) in [6, 6.07) is 9.19. The highest BCUT2D eigenvalue weighted by Crippen LogP contribution is 2.24. The van der Waals surface area contributed by atoms with Crippen LogP contribution in [0.25, 0.3) is 11.3 Å². The van der Waals surface area contributed by atoms with Crippen molar-refractivity contribution in [1.82, 2.24) is 10.1 Å². The van der Waals surface area contributed by atoms with Crippen LogP contribution in [-0.4, -0.2) is 36.2 Å². The second-order valence-electron chi connectivity index (χ2n) is 5.80. The van der Waals surface area contributed by atoms with Crippen LogP contribution in [0.1, 0.15) is 30.3 Å². The number of carbonyl (C=O) groups excluding carboxylic acids is 1. The second kappa shape index (κ2) is 6.22. The Bertz CT molecular complexity index is 648. The van der Waals surface area contributed by atoms with Crippen LogP contribution in [0.2, 0.25) is 0 Å². The minimum absolute atomic E-state index is 0.0462. The van der Waals surface area contributed by atoms with Gasteiger partial charge >= 0.3 is 0 Å². The van der Waals surface area contributed by atoms with Crippen molar-refractivity contribution >= 4 is 5.91 Å². The molecule has 5 nitrogen and oxygen atoms in total. The standard InChI is InChI=1S/C17H20N2O3/c1-12-4-3-9-19(11-12)17(20)15-10-16(22-18-15)13-5-7-14(21-2)8-6-13/h5-8,10,12H,3-4,9,11H2,1-2H3. The van der Waals surface area contributed by atoms with Gasteiger partial charge in [-0.05, 0) is 43.0 Å². The monoisotopic (exact) mass is 300 g/mol. The van der Waals surface area contributed by atoms with E-state index in [1.165, 1.54) is 6.42 Å². The highest BCUT2D eigenvalue weighted by atomic mass is 16.5. The Kier molecular flexibility index (Phi) is 4.13. The van der Waals surface area contributed by atoms with Crippen LogP contribution in [0.4, 0.5) is 0 Å². The predicted octanol–water partition coefficient (Wildman–Crippen LogP) is 3.22. The van der Waals surface area contributed by atoms with Crippen molar-refractivity contribution in [2.45, 2.75) is 19.8 Å². The van der Waals surface area contributed by atoms with Crippen LogP contribution in [0.3, 0.4) is 0 Å². The molecule has 0 N–H and O–H groups in total. The molecular formula is C17H20N2O3. The minimum atomic E-state index is -0.0462. The number of ether oxygens (including phenoxy) is 1. The van der Waals surface area contributed by atoms with Crippen LogP contribution in [-0.2, 0) is 0 Å². The van der Waals surface area contributed by atoms with Crippen LogP contribution in [0.5, 0.6) is 5.75 Å². The van der Waals surface area contributed by atoms with Crippen LogP contribution >= 0.6 is 0 Å². The molecule has 1 aromatic carbocycles. The molecule has 2 aromatic rings. The van der Waals surface area contributed by atoms with Crippen molar-refractivity contribution < 1.29 is 14.1 Å². The van der Waals surface area contributed by atoms with Gasteiger partial charge in [0.05, 0.1) is 7.11 Å². The normalized spacial score (nSPS) is 18.3. The number of rotatable bonds is 3. The molecule has 3 rings (SSSR count). The van der Waals surface area contributed by atoms with E-state index in [1.807, 2.05) is 29.2 Å². The summed E-state index contributed by atoms with van der Waals surface area (Å²) in [6.07, 6.45) is 2.23. The van der Waals surface area contributed by atoms with Crippen molar-refractivity contribution in [3.05, 3.63) is 36.0 Å². The lowest BCUT2D eigenvalue weighted by Crippen LogP contribution is -2.39. The third kappa shape index (κ3) is 2.98. The van der Waals surface area contributed by atoms with Gasteiger partial charge in [0.15, 0.2) is 11.5 Å². The topological polar surface area (TPSA) is 55.6 Å². The van der Waals surface area contributed by atoms with Crippen molar-refractivity contribution in [3.8, 4) is 17.1 Å². The first kappa shape index (κ1) is 14.6. The maximum Gasteiger partial charge on any atom is 0.276 e. The number of likely N-dealkylation sites (tertiary alicyclic amines) is 1.